The maximum Gasteiger partial charge on any atom is 0.248 e. The van der Waals surface area contributed by atoms with Gasteiger partial charge in [-0.3, -0.25) is 4.79 Å². The third-order valence-electron chi connectivity index (χ3n) is 4.30. The predicted octanol–water partition coefficient (Wildman–Crippen LogP) is 5.82. The van der Waals surface area contributed by atoms with E-state index in [1.807, 2.05) is 16.8 Å². The first-order chi connectivity index (χ1) is 15.1. The van der Waals surface area contributed by atoms with Gasteiger partial charge in [0, 0.05) is 28.8 Å². The number of aromatic nitrogens is 2. The van der Waals surface area contributed by atoms with Gasteiger partial charge in [0.1, 0.15) is 11.5 Å². The van der Waals surface area contributed by atoms with Crippen LogP contribution in [0.5, 0.6) is 17.2 Å². The lowest BCUT2D eigenvalue weighted by Crippen LogP contribution is -2.13. The zero-order valence-electron chi connectivity index (χ0n) is 16.5. The fourth-order valence-corrected chi connectivity index (χ4v) is 3.55. The highest BCUT2D eigenvalue weighted by molar-refractivity contribution is 7.08. The quantitative estimate of drug-likeness (QED) is 0.360. The van der Waals surface area contributed by atoms with Crippen LogP contribution in [-0.4, -0.2) is 23.2 Å². The standard InChI is InChI=1S/C22H18ClN3O4S/c1-28-16-3-5-17(6-4-16)29-19-7-2-15(23)12-18(19)24-20(27)8-9-21-25-26-22(30-21)14-10-11-31-13-14/h2-7,10-13H,8-9H2,1H3,(H,24,27). The Morgan fingerprint density at radius 2 is 1.94 bits per heavy atom. The molecular formula is C22H18ClN3O4S. The molecule has 0 spiro atoms. The molecule has 7 nitrogen and oxygen atoms in total. The highest BCUT2D eigenvalue weighted by Crippen LogP contribution is 2.33. The Labute approximate surface area is 187 Å². The summed E-state index contributed by atoms with van der Waals surface area (Å²) >= 11 is 7.66. The summed E-state index contributed by atoms with van der Waals surface area (Å²) in [5.41, 5.74) is 1.34. The number of nitrogens with zero attached hydrogens (tertiary/aromatic N) is 2. The summed E-state index contributed by atoms with van der Waals surface area (Å²) in [6.45, 7) is 0. The Morgan fingerprint density at radius 3 is 2.68 bits per heavy atom. The lowest BCUT2D eigenvalue weighted by Gasteiger charge is -2.13. The number of rotatable bonds is 8. The second-order valence-corrected chi connectivity index (χ2v) is 7.70. The van der Waals surface area contributed by atoms with Gasteiger partial charge < -0.3 is 19.2 Å². The van der Waals surface area contributed by atoms with Crippen LogP contribution in [0.3, 0.4) is 0 Å². The normalized spacial score (nSPS) is 10.6. The molecule has 0 fully saturated rings. The summed E-state index contributed by atoms with van der Waals surface area (Å²) < 4.78 is 16.7. The Bertz CT molecular complexity index is 1160. The van der Waals surface area contributed by atoms with E-state index in [0.29, 0.717) is 40.4 Å². The van der Waals surface area contributed by atoms with E-state index in [4.69, 9.17) is 25.5 Å². The van der Waals surface area contributed by atoms with Crippen molar-refractivity contribution >= 4 is 34.5 Å². The molecule has 2 aromatic heterocycles. The van der Waals surface area contributed by atoms with Gasteiger partial charge in [-0.1, -0.05) is 11.6 Å². The van der Waals surface area contributed by atoms with Crippen LogP contribution < -0.4 is 14.8 Å². The van der Waals surface area contributed by atoms with Crippen LogP contribution in [0.25, 0.3) is 11.5 Å². The minimum Gasteiger partial charge on any atom is -0.497 e. The fourth-order valence-electron chi connectivity index (χ4n) is 2.75. The zero-order valence-corrected chi connectivity index (χ0v) is 18.1. The van der Waals surface area contributed by atoms with E-state index in [1.165, 1.54) is 0 Å². The minimum atomic E-state index is -0.225. The van der Waals surface area contributed by atoms with Crippen LogP contribution in [0.4, 0.5) is 5.69 Å². The van der Waals surface area contributed by atoms with Crippen LogP contribution in [0.15, 0.2) is 63.7 Å². The fraction of sp³-hybridized carbons (Fsp3) is 0.136. The number of amides is 1. The summed E-state index contributed by atoms with van der Waals surface area (Å²) in [4.78, 5) is 12.5. The second-order valence-electron chi connectivity index (χ2n) is 6.48. The number of aryl methyl sites for hydroxylation is 1. The maximum absolute atomic E-state index is 12.5. The Kier molecular flexibility index (Phi) is 6.49. The lowest BCUT2D eigenvalue weighted by molar-refractivity contribution is -0.116. The Hall–Kier alpha value is -3.36. The van der Waals surface area contributed by atoms with E-state index >= 15 is 0 Å². The SMILES string of the molecule is COc1ccc(Oc2ccc(Cl)cc2NC(=O)CCc2nnc(-c3ccsc3)o2)cc1. The zero-order chi connectivity index (χ0) is 21.6. The molecule has 31 heavy (non-hydrogen) atoms. The number of carbonyl (C=O) groups is 1. The summed E-state index contributed by atoms with van der Waals surface area (Å²) in [5.74, 6) is 2.42. The van der Waals surface area contributed by atoms with Crippen molar-refractivity contribution in [2.75, 3.05) is 12.4 Å². The van der Waals surface area contributed by atoms with Gasteiger partial charge in [-0.15, -0.1) is 10.2 Å². The van der Waals surface area contributed by atoms with Crippen molar-refractivity contribution in [2.45, 2.75) is 12.8 Å². The molecule has 2 heterocycles. The summed E-state index contributed by atoms with van der Waals surface area (Å²) in [5, 5.41) is 15.2. The van der Waals surface area contributed by atoms with E-state index in [0.717, 1.165) is 11.3 Å². The van der Waals surface area contributed by atoms with Crippen LogP contribution in [0, 0.1) is 0 Å². The first-order valence-electron chi connectivity index (χ1n) is 9.37. The van der Waals surface area contributed by atoms with Crippen molar-refractivity contribution in [1.29, 1.82) is 0 Å². The molecular weight excluding hydrogens is 438 g/mol. The molecule has 0 aliphatic carbocycles. The summed E-state index contributed by atoms with van der Waals surface area (Å²) in [6.07, 6.45) is 0.484. The predicted molar refractivity (Wildman–Crippen MR) is 119 cm³/mol. The number of hydrogen-bond donors (Lipinski definition) is 1. The Balaban J connectivity index is 1.39. The molecule has 158 valence electrons. The van der Waals surface area contributed by atoms with Gasteiger partial charge >= 0.3 is 0 Å². The molecule has 1 N–H and O–H groups in total. The van der Waals surface area contributed by atoms with Crippen LogP contribution in [-0.2, 0) is 11.2 Å². The number of benzene rings is 2. The van der Waals surface area contributed by atoms with Gasteiger partial charge in [-0.05, 0) is 53.9 Å². The van der Waals surface area contributed by atoms with E-state index in [-0.39, 0.29) is 12.3 Å². The third-order valence-corrected chi connectivity index (χ3v) is 5.22. The first-order valence-corrected chi connectivity index (χ1v) is 10.7. The van der Waals surface area contributed by atoms with E-state index < -0.39 is 0 Å². The number of hydrogen-bond acceptors (Lipinski definition) is 7. The number of nitrogens with one attached hydrogen (secondary N) is 1. The number of thiophene rings is 1. The van der Waals surface area contributed by atoms with Gasteiger partial charge in [0.15, 0.2) is 5.75 Å². The molecule has 0 aliphatic rings. The second kappa shape index (κ2) is 9.63. The first kappa shape index (κ1) is 20.9. The molecule has 0 saturated carbocycles. The van der Waals surface area contributed by atoms with Crippen molar-refractivity contribution in [1.82, 2.24) is 10.2 Å². The smallest absolute Gasteiger partial charge is 0.248 e. The average molecular weight is 456 g/mol. The molecule has 0 unspecified atom stereocenters. The van der Waals surface area contributed by atoms with Gasteiger partial charge in [-0.25, -0.2) is 0 Å². The van der Waals surface area contributed by atoms with Gasteiger partial charge in [0.2, 0.25) is 17.7 Å². The highest BCUT2D eigenvalue weighted by atomic mass is 35.5. The van der Waals surface area contributed by atoms with Crippen molar-refractivity contribution < 1.29 is 18.7 Å². The largest absolute Gasteiger partial charge is 0.497 e. The van der Waals surface area contributed by atoms with Crippen molar-refractivity contribution in [3.63, 3.8) is 0 Å². The van der Waals surface area contributed by atoms with Crippen LogP contribution >= 0.6 is 22.9 Å². The topological polar surface area (TPSA) is 86.5 Å². The molecule has 9 heteroatoms. The summed E-state index contributed by atoms with van der Waals surface area (Å²) in [7, 11) is 1.60. The van der Waals surface area contributed by atoms with E-state index in [9.17, 15) is 4.79 Å². The van der Waals surface area contributed by atoms with Crippen LogP contribution in [0.2, 0.25) is 5.02 Å². The highest BCUT2D eigenvalue weighted by Gasteiger charge is 2.13. The maximum atomic E-state index is 12.5. The molecule has 0 bridgehead atoms. The molecule has 0 radical (unpaired) electrons. The number of methoxy groups -OCH3 is 1. The molecule has 4 rings (SSSR count). The number of ether oxygens (including phenoxy) is 2. The van der Waals surface area contributed by atoms with E-state index in [1.54, 1.807) is 60.9 Å². The molecule has 0 saturated heterocycles. The van der Waals surface area contributed by atoms with Crippen molar-refractivity contribution in [2.24, 2.45) is 0 Å². The molecule has 1 amide bonds. The molecule has 0 aliphatic heterocycles. The molecule has 4 aromatic rings. The monoisotopic (exact) mass is 455 g/mol. The minimum absolute atomic E-state index is 0.166. The average Bonchev–Trinajstić information content (AvgIpc) is 3.47. The van der Waals surface area contributed by atoms with Gasteiger partial charge in [0.05, 0.1) is 12.8 Å². The van der Waals surface area contributed by atoms with E-state index in [2.05, 4.69) is 15.5 Å². The molecule has 0 atom stereocenters. The van der Waals surface area contributed by atoms with Crippen molar-refractivity contribution in [3.05, 3.63) is 70.2 Å². The Morgan fingerprint density at radius 1 is 1.13 bits per heavy atom. The number of anilines is 1. The molecule has 2 aromatic carbocycles. The van der Waals surface area contributed by atoms with Gasteiger partial charge in [0.25, 0.3) is 0 Å². The van der Waals surface area contributed by atoms with Crippen molar-refractivity contribution in [3.8, 4) is 28.7 Å². The van der Waals surface area contributed by atoms with Crippen LogP contribution in [0.1, 0.15) is 12.3 Å². The lowest BCUT2D eigenvalue weighted by atomic mass is 10.2. The third kappa shape index (κ3) is 5.42. The summed E-state index contributed by atoms with van der Waals surface area (Å²) in [6, 6.07) is 14.1. The number of carbonyl (C=O) groups excluding carboxylic acids is 1. The van der Waals surface area contributed by atoms with Gasteiger partial charge in [-0.2, -0.15) is 11.3 Å². The number of halogens is 1.